The molecule has 1 aliphatic heterocycles. The predicted molar refractivity (Wildman–Crippen MR) is 120 cm³/mol. The van der Waals surface area contributed by atoms with Crippen LogP contribution in [0.25, 0.3) is 0 Å². The van der Waals surface area contributed by atoms with Crippen molar-refractivity contribution in [3.05, 3.63) is 58.7 Å². The van der Waals surface area contributed by atoms with Gasteiger partial charge in [-0.05, 0) is 83.7 Å². The molecule has 5 rings (SSSR count). The van der Waals surface area contributed by atoms with Crippen molar-refractivity contribution in [1.29, 1.82) is 0 Å². The van der Waals surface area contributed by atoms with E-state index in [1.54, 1.807) is 22.3 Å². The summed E-state index contributed by atoms with van der Waals surface area (Å²) >= 11 is 0. The Bertz CT molecular complexity index is 978. The SMILES string of the molecule is CC1(C)CCC(C)(C)c2cc(N3c4cccc5c4C3(C)CCC5(C)C)ccc21. The minimum atomic E-state index is 0.143. The molecule has 2 aromatic rings. The lowest BCUT2D eigenvalue weighted by molar-refractivity contribution is 0.291. The van der Waals surface area contributed by atoms with Crippen molar-refractivity contribution in [3.8, 4) is 0 Å². The zero-order valence-corrected chi connectivity index (χ0v) is 18.7. The minimum absolute atomic E-state index is 0.143. The normalized spacial score (nSPS) is 28.2. The van der Waals surface area contributed by atoms with Gasteiger partial charge in [-0.1, -0.05) is 59.7 Å². The standard InChI is InChI=1S/C27H35N/c1-24(2)13-14-26(5,6)21-17-18(11-12-19(21)24)28-22-10-8-9-20-23(22)27(28,7)16-15-25(20,3)4/h8-12,17H,13-16H2,1-7H3. The second-order valence-corrected chi connectivity index (χ2v) is 11.7. The molecule has 0 bridgehead atoms. The van der Waals surface area contributed by atoms with Crippen LogP contribution in [-0.4, -0.2) is 0 Å². The van der Waals surface area contributed by atoms with Crippen LogP contribution >= 0.6 is 0 Å². The molecule has 0 radical (unpaired) electrons. The van der Waals surface area contributed by atoms with Gasteiger partial charge < -0.3 is 4.90 Å². The van der Waals surface area contributed by atoms with Crippen molar-refractivity contribution in [2.24, 2.45) is 0 Å². The van der Waals surface area contributed by atoms with Gasteiger partial charge in [-0.15, -0.1) is 0 Å². The highest BCUT2D eigenvalue weighted by Gasteiger charge is 2.53. The molecule has 1 nitrogen and oxygen atoms in total. The summed E-state index contributed by atoms with van der Waals surface area (Å²) in [6, 6.07) is 14.3. The Morgan fingerprint density at radius 3 is 1.96 bits per heavy atom. The lowest BCUT2D eigenvalue weighted by Crippen LogP contribution is -2.54. The third-order valence-electron chi connectivity index (χ3n) is 8.38. The number of hydrogen-bond donors (Lipinski definition) is 0. The van der Waals surface area contributed by atoms with Crippen molar-refractivity contribution in [2.45, 2.75) is 95.9 Å². The Morgan fingerprint density at radius 1 is 0.643 bits per heavy atom. The van der Waals surface area contributed by atoms with E-state index in [1.807, 2.05) is 0 Å². The molecule has 0 saturated carbocycles. The zero-order valence-electron chi connectivity index (χ0n) is 18.7. The Balaban J connectivity index is 1.67. The zero-order chi connectivity index (χ0) is 20.1. The van der Waals surface area contributed by atoms with E-state index in [0.29, 0.717) is 5.41 Å². The third kappa shape index (κ3) is 2.19. The number of benzene rings is 2. The maximum Gasteiger partial charge on any atom is 0.0698 e. The van der Waals surface area contributed by atoms with Crippen LogP contribution in [0.5, 0.6) is 0 Å². The van der Waals surface area contributed by atoms with E-state index in [1.165, 1.54) is 37.1 Å². The fourth-order valence-electron chi connectivity index (χ4n) is 6.25. The van der Waals surface area contributed by atoms with Crippen LogP contribution in [0.15, 0.2) is 36.4 Å². The van der Waals surface area contributed by atoms with Gasteiger partial charge in [-0.2, -0.15) is 0 Å². The quantitative estimate of drug-likeness (QED) is 0.501. The molecule has 28 heavy (non-hydrogen) atoms. The van der Waals surface area contributed by atoms with Crippen LogP contribution in [0.2, 0.25) is 0 Å². The molecular weight excluding hydrogens is 338 g/mol. The highest BCUT2D eigenvalue weighted by Crippen LogP contribution is 2.62. The summed E-state index contributed by atoms with van der Waals surface area (Å²) in [7, 11) is 0. The third-order valence-corrected chi connectivity index (χ3v) is 8.38. The predicted octanol–water partition coefficient (Wildman–Crippen LogP) is 7.47. The number of fused-ring (bicyclic) bond motifs is 1. The molecule has 0 N–H and O–H groups in total. The summed E-state index contributed by atoms with van der Waals surface area (Å²) in [5, 5.41) is 0. The minimum Gasteiger partial charge on any atom is -0.331 e. The molecule has 1 heteroatoms. The average molecular weight is 374 g/mol. The van der Waals surface area contributed by atoms with E-state index in [9.17, 15) is 0 Å². The van der Waals surface area contributed by atoms with Gasteiger partial charge in [-0.25, -0.2) is 0 Å². The molecule has 0 aromatic heterocycles. The smallest absolute Gasteiger partial charge is 0.0698 e. The average Bonchev–Trinajstić information content (AvgIpc) is 2.62. The Hall–Kier alpha value is -1.76. The molecule has 1 heterocycles. The van der Waals surface area contributed by atoms with Gasteiger partial charge >= 0.3 is 0 Å². The van der Waals surface area contributed by atoms with Gasteiger partial charge in [-0.3, -0.25) is 0 Å². The van der Waals surface area contributed by atoms with Gasteiger partial charge in [0.05, 0.1) is 5.54 Å². The van der Waals surface area contributed by atoms with Gasteiger partial charge in [0.1, 0.15) is 0 Å². The molecule has 1 atom stereocenters. The first-order chi connectivity index (χ1) is 13.0. The molecule has 2 aliphatic carbocycles. The highest BCUT2D eigenvalue weighted by molar-refractivity contribution is 5.82. The summed E-state index contributed by atoms with van der Waals surface area (Å²) in [5.74, 6) is 0. The molecule has 0 spiro atoms. The second-order valence-electron chi connectivity index (χ2n) is 11.7. The summed E-state index contributed by atoms with van der Waals surface area (Å²) in [6.07, 6.45) is 5.02. The van der Waals surface area contributed by atoms with Crippen LogP contribution in [0.4, 0.5) is 11.4 Å². The van der Waals surface area contributed by atoms with Crippen molar-refractivity contribution in [1.82, 2.24) is 0 Å². The molecule has 2 aromatic carbocycles. The van der Waals surface area contributed by atoms with E-state index in [4.69, 9.17) is 0 Å². The Morgan fingerprint density at radius 2 is 1.25 bits per heavy atom. The van der Waals surface area contributed by atoms with Crippen molar-refractivity contribution in [3.63, 3.8) is 0 Å². The second kappa shape index (κ2) is 5.23. The molecule has 148 valence electrons. The van der Waals surface area contributed by atoms with Gasteiger partial charge in [0, 0.05) is 16.9 Å². The Labute approximate surface area is 171 Å². The Kier molecular flexibility index (Phi) is 3.42. The number of nitrogens with zero attached hydrogens (tertiary/aromatic N) is 1. The molecule has 0 saturated heterocycles. The summed E-state index contributed by atoms with van der Waals surface area (Å²) in [5.41, 5.74) is 10.1. The van der Waals surface area contributed by atoms with Gasteiger partial charge in [0.25, 0.3) is 0 Å². The monoisotopic (exact) mass is 373 g/mol. The molecular formula is C27H35N. The van der Waals surface area contributed by atoms with Crippen LogP contribution in [-0.2, 0) is 21.8 Å². The molecule has 1 unspecified atom stereocenters. The number of anilines is 2. The van der Waals surface area contributed by atoms with Gasteiger partial charge in [0.15, 0.2) is 0 Å². The first-order valence-electron chi connectivity index (χ1n) is 11.1. The number of rotatable bonds is 1. The van der Waals surface area contributed by atoms with Crippen LogP contribution in [0.1, 0.15) is 96.4 Å². The maximum atomic E-state index is 2.64. The highest BCUT2D eigenvalue weighted by atomic mass is 15.3. The van der Waals surface area contributed by atoms with Crippen LogP contribution in [0.3, 0.4) is 0 Å². The van der Waals surface area contributed by atoms with Crippen molar-refractivity contribution < 1.29 is 0 Å². The van der Waals surface area contributed by atoms with E-state index < -0.39 is 0 Å². The van der Waals surface area contributed by atoms with Crippen molar-refractivity contribution >= 4 is 11.4 Å². The fraction of sp³-hybridized carbons (Fsp3) is 0.556. The topological polar surface area (TPSA) is 3.24 Å². The van der Waals surface area contributed by atoms with E-state index >= 15 is 0 Å². The van der Waals surface area contributed by atoms with E-state index in [2.05, 4.69) is 89.8 Å². The fourth-order valence-corrected chi connectivity index (χ4v) is 6.25. The largest absolute Gasteiger partial charge is 0.331 e. The van der Waals surface area contributed by atoms with E-state index in [0.717, 1.165) is 0 Å². The lowest BCUT2D eigenvalue weighted by atomic mass is 9.60. The summed E-state index contributed by atoms with van der Waals surface area (Å²) < 4.78 is 0. The number of hydrogen-bond acceptors (Lipinski definition) is 1. The van der Waals surface area contributed by atoms with Crippen LogP contribution < -0.4 is 4.90 Å². The molecule has 3 aliphatic rings. The lowest BCUT2D eigenvalue weighted by Gasteiger charge is -2.59. The first-order valence-corrected chi connectivity index (χ1v) is 11.1. The van der Waals surface area contributed by atoms with Crippen LogP contribution in [0, 0.1) is 0 Å². The van der Waals surface area contributed by atoms with E-state index in [-0.39, 0.29) is 16.4 Å². The summed E-state index contributed by atoms with van der Waals surface area (Å²) in [6.45, 7) is 17.0. The summed E-state index contributed by atoms with van der Waals surface area (Å²) in [4.78, 5) is 2.64. The molecule has 0 fully saturated rings. The maximum absolute atomic E-state index is 2.64. The van der Waals surface area contributed by atoms with Gasteiger partial charge in [0.2, 0.25) is 0 Å². The molecule has 0 amide bonds. The first kappa shape index (κ1) is 18.3. The van der Waals surface area contributed by atoms with Crippen molar-refractivity contribution in [2.75, 3.05) is 4.90 Å².